The summed E-state index contributed by atoms with van der Waals surface area (Å²) in [7, 11) is 1.62. The second kappa shape index (κ2) is 8.78. The van der Waals surface area contributed by atoms with Gasteiger partial charge in [-0.3, -0.25) is 9.59 Å². The molecule has 4 rings (SSSR count). The normalized spacial score (nSPS) is 15.4. The van der Waals surface area contributed by atoms with Crippen LogP contribution in [0, 0.1) is 6.92 Å². The highest BCUT2D eigenvalue weighted by molar-refractivity contribution is 5.99. The maximum absolute atomic E-state index is 13.5. The molecule has 1 atom stereocenters. The molecule has 2 aromatic carbocycles. The van der Waals surface area contributed by atoms with Gasteiger partial charge in [-0.2, -0.15) is 0 Å². The second-order valence-electron chi connectivity index (χ2n) is 7.59. The summed E-state index contributed by atoms with van der Waals surface area (Å²) >= 11 is 0. The first-order chi connectivity index (χ1) is 15.0. The molecule has 0 aliphatic carbocycles. The van der Waals surface area contributed by atoms with E-state index in [-0.39, 0.29) is 17.1 Å². The molecule has 6 heteroatoms. The lowest BCUT2D eigenvalue weighted by Gasteiger charge is -2.25. The van der Waals surface area contributed by atoms with Gasteiger partial charge in [0.15, 0.2) is 5.43 Å². The molecule has 1 aromatic heterocycles. The van der Waals surface area contributed by atoms with Crippen molar-refractivity contribution in [2.24, 2.45) is 0 Å². The molecule has 0 saturated heterocycles. The maximum atomic E-state index is 13.5. The highest BCUT2D eigenvalue weighted by atomic mass is 16.5. The predicted octanol–water partition coefficient (Wildman–Crippen LogP) is 4.25. The molecule has 1 amide bonds. The molecule has 3 aromatic rings. The third-order valence-electron chi connectivity index (χ3n) is 5.41. The van der Waals surface area contributed by atoms with Gasteiger partial charge < -0.3 is 18.8 Å². The van der Waals surface area contributed by atoms with Gasteiger partial charge in [0, 0.05) is 20.3 Å². The van der Waals surface area contributed by atoms with E-state index in [0.717, 1.165) is 11.1 Å². The fraction of sp³-hybridized carbons (Fsp3) is 0.280. The zero-order valence-electron chi connectivity index (χ0n) is 17.7. The Labute approximate surface area is 180 Å². The number of ether oxygens (including phenoxy) is 2. The van der Waals surface area contributed by atoms with E-state index >= 15 is 0 Å². The molecule has 1 aliphatic heterocycles. The van der Waals surface area contributed by atoms with Gasteiger partial charge in [0.05, 0.1) is 17.0 Å². The summed E-state index contributed by atoms with van der Waals surface area (Å²) in [5.74, 6) is 0.477. The molecule has 1 aliphatic rings. The number of hydrogen-bond donors (Lipinski definition) is 0. The summed E-state index contributed by atoms with van der Waals surface area (Å²) in [6.45, 7) is 6.91. The minimum atomic E-state index is -0.548. The van der Waals surface area contributed by atoms with Gasteiger partial charge in [-0.1, -0.05) is 36.4 Å². The summed E-state index contributed by atoms with van der Waals surface area (Å²) in [6.07, 6.45) is 2.31. The van der Waals surface area contributed by atoms with Crippen molar-refractivity contribution in [3.63, 3.8) is 0 Å². The minimum absolute atomic E-state index is 0.112. The topological polar surface area (TPSA) is 69.0 Å². The van der Waals surface area contributed by atoms with Gasteiger partial charge in [0.1, 0.15) is 17.9 Å². The van der Waals surface area contributed by atoms with Crippen LogP contribution >= 0.6 is 0 Å². The number of aryl methyl sites for hydroxylation is 1. The molecule has 31 heavy (non-hydrogen) atoms. The molecule has 0 N–H and O–H groups in total. The van der Waals surface area contributed by atoms with E-state index in [4.69, 9.17) is 13.9 Å². The zero-order valence-corrected chi connectivity index (χ0v) is 17.7. The first kappa shape index (κ1) is 20.9. The van der Waals surface area contributed by atoms with Gasteiger partial charge >= 0.3 is 0 Å². The minimum Gasteiger partial charge on any atom is -0.490 e. The van der Waals surface area contributed by atoms with Crippen LogP contribution in [0.25, 0.3) is 11.0 Å². The number of rotatable bonds is 8. The molecular formula is C25H25NO5. The SMILES string of the molecule is C=CCOc1cccc([C@@H]2c3c(oc4ccc(C)cc4c3=O)C(=O)N2CCCOC)c1. The highest BCUT2D eigenvalue weighted by Crippen LogP contribution is 2.39. The number of benzene rings is 2. The van der Waals surface area contributed by atoms with Crippen LogP contribution in [0.15, 0.2) is 64.3 Å². The molecule has 0 fully saturated rings. The van der Waals surface area contributed by atoms with Gasteiger partial charge in [-0.25, -0.2) is 0 Å². The Morgan fingerprint density at radius 3 is 2.81 bits per heavy atom. The van der Waals surface area contributed by atoms with Crippen LogP contribution in [0.3, 0.4) is 0 Å². The summed E-state index contributed by atoms with van der Waals surface area (Å²) in [5.41, 5.74) is 2.37. The lowest BCUT2D eigenvalue weighted by atomic mass is 9.98. The van der Waals surface area contributed by atoms with Crippen LogP contribution in [0.5, 0.6) is 5.75 Å². The fourth-order valence-corrected chi connectivity index (χ4v) is 4.02. The zero-order chi connectivity index (χ0) is 22.0. The molecule has 0 spiro atoms. The van der Waals surface area contributed by atoms with Gasteiger partial charge in [0.25, 0.3) is 5.91 Å². The van der Waals surface area contributed by atoms with Crippen molar-refractivity contribution < 1.29 is 18.7 Å². The Balaban J connectivity index is 1.88. The average molecular weight is 419 g/mol. The summed E-state index contributed by atoms with van der Waals surface area (Å²) in [4.78, 5) is 28.5. The van der Waals surface area contributed by atoms with Crippen molar-refractivity contribution in [2.45, 2.75) is 19.4 Å². The number of carbonyl (C=O) groups is 1. The van der Waals surface area contributed by atoms with Crippen LogP contribution in [-0.4, -0.2) is 37.7 Å². The number of amides is 1. The largest absolute Gasteiger partial charge is 0.490 e. The maximum Gasteiger partial charge on any atom is 0.290 e. The van der Waals surface area contributed by atoms with Crippen LogP contribution < -0.4 is 10.2 Å². The predicted molar refractivity (Wildman–Crippen MR) is 119 cm³/mol. The van der Waals surface area contributed by atoms with Gasteiger partial charge in [0.2, 0.25) is 5.76 Å². The van der Waals surface area contributed by atoms with Crippen molar-refractivity contribution in [2.75, 3.05) is 26.9 Å². The molecule has 2 heterocycles. The standard InChI is InChI=1S/C25H25NO5/c1-4-12-30-18-8-5-7-17(15-18)22-21-23(27)19-14-16(2)9-10-20(19)31-24(21)25(28)26(22)11-6-13-29-3/h4-5,7-10,14-15,22H,1,6,11-13H2,2-3H3/t22-/m1/s1. The molecule has 0 saturated carbocycles. The van der Waals surface area contributed by atoms with E-state index in [1.54, 1.807) is 30.2 Å². The van der Waals surface area contributed by atoms with Gasteiger partial charge in [-0.15, -0.1) is 0 Å². The Morgan fingerprint density at radius 2 is 2.03 bits per heavy atom. The van der Waals surface area contributed by atoms with E-state index in [9.17, 15) is 9.59 Å². The Bertz CT molecular complexity index is 1200. The first-order valence-electron chi connectivity index (χ1n) is 10.3. The van der Waals surface area contributed by atoms with E-state index < -0.39 is 6.04 Å². The lowest BCUT2D eigenvalue weighted by Crippen LogP contribution is -2.31. The van der Waals surface area contributed by atoms with Crippen molar-refractivity contribution in [3.8, 4) is 5.75 Å². The number of carbonyl (C=O) groups excluding carboxylic acids is 1. The molecule has 6 nitrogen and oxygen atoms in total. The Hall–Kier alpha value is -3.38. The number of nitrogens with zero attached hydrogens (tertiary/aromatic N) is 1. The number of methoxy groups -OCH3 is 1. The third kappa shape index (κ3) is 3.86. The molecule has 0 radical (unpaired) electrons. The van der Waals surface area contributed by atoms with Crippen molar-refractivity contribution in [1.29, 1.82) is 0 Å². The third-order valence-corrected chi connectivity index (χ3v) is 5.41. The summed E-state index contributed by atoms with van der Waals surface area (Å²) in [5, 5.41) is 0.481. The fourth-order valence-electron chi connectivity index (χ4n) is 4.02. The molecule has 160 valence electrons. The number of hydrogen-bond acceptors (Lipinski definition) is 5. The molecule has 0 bridgehead atoms. The van der Waals surface area contributed by atoms with Gasteiger partial charge in [-0.05, 0) is 43.2 Å². The molecule has 0 unspecified atom stereocenters. The molecular weight excluding hydrogens is 394 g/mol. The second-order valence-corrected chi connectivity index (χ2v) is 7.59. The van der Waals surface area contributed by atoms with E-state index in [0.29, 0.717) is 48.5 Å². The van der Waals surface area contributed by atoms with Crippen molar-refractivity contribution >= 4 is 16.9 Å². The van der Waals surface area contributed by atoms with Crippen molar-refractivity contribution in [3.05, 3.63) is 87.8 Å². The quantitative estimate of drug-likeness (QED) is 0.403. The highest BCUT2D eigenvalue weighted by Gasteiger charge is 2.42. The van der Waals surface area contributed by atoms with Crippen LogP contribution in [0.2, 0.25) is 0 Å². The van der Waals surface area contributed by atoms with Crippen LogP contribution in [0.4, 0.5) is 0 Å². The van der Waals surface area contributed by atoms with E-state index in [2.05, 4.69) is 6.58 Å². The monoisotopic (exact) mass is 419 g/mol. The van der Waals surface area contributed by atoms with E-state index in [1.807, 2.05) is 37.3 Å². The van der Waals surface area contributed by atoms with E-state index in [1.165, 1.54) is 0 Å². The number of fused-ring (bicyclic) bond motifs is 2. The van der Waals surface area contributed by atoms with Crippen molar-refractivity contribution in [1.82, 2.24) is 4.90 Å². The van der Waals surface area contributed by atoms with Crippen LogP contribution in [0.1, 0.15) is 39.7 Å². The summed E-state index contributed by atoms with van der Waals surface area (Å²) in [6, 6.07) is 12.3. The summed E-state index contributed by atoms with van der Waals surface area (Å²) < 4.78 is 16.8. The average Bonchev–Trinajstić information content (AvgIpc) is 3.05. The Morgan fingerprint density at radius 1 is 1.19 bits per heavy atom. The smallest absolute Gasteiger partial charge is 0.290 e. The Kier molecular flexibility index (Phi) is 5.91. The first-order valence-corrected chi connectivity index (χ1v) is 10.3. The lowest BCUT2D eigenvalue weighted by molar-refractivity contribution is 0.0707. The van der Waals surface area contributed by atoms with Crippen LogP contribution in [-0.2, 0) is 4.74 Å².